The largest absolute Gasteiger partial charge is 0.507 e. The first-order valence-corrected chi connectivity index (χ1v) is 8.16. The van der Waals surface area contributed by atoms with Gasteiger partial charge in [-0.05, 0) is 24.3 Å². The lowest BCUT2D eigenvalue weighted by Crippen LogP contribution is -2.03. The maximum atomic E-state index is 10.2. The van der Waals surface area contributed by atoms with Crippen LogP contribution in [0.25, 0.3) is 17.1 Å². The van der Waals surface area contributed by atoms with E-state index in [1.54, 1.807) is 18.3 Å². The van der Waals surface area contributed by atoms with E-state index < -0.39 is 0 Å². The summed E-state index contributed by atoms with van der Waals surface area (Å²) in [6.45, 7) is 0. The van der Waals surface area contributed by atoms with Gasteiger partial charge in [0.25, 0.3) is 0 Å². The number of para-hydroxylation sites is 2. The van der Waals surface area contributed by atoms with E-state index in [9.17, 15) is 5.11 Å². The number of phenolic OH excluding ortho intramolecular Hbond substituents is 1. The molecule has 0 aliphatic rings. The van der Waals surface area contributed by atoms with E-state index in [4.69, 9.17) is 0 Å². The monoisotopic (exact) mass is 335 g/mol. The third-order valence-electron chi connectivity index (χ3n) is 3.47. The Morgan fingerprint density at radius 3 is 2.50 bits per heavy atom. The van der Waals surface area contributed by atoms with E-state index in [0.717, 1.165) is 10.8 Å². The molecule has 2 N–H and O–H groups in total. The van der Waals surface area contributed by atoms with Crippen LogP contribution in [0.2, 0.25) is 0 Å². The molecular formula is C17H13N5OS. The van der Waals surface area contributed by atoms with E-state index in [0.29, 0.717) is 17.3 Å². The molecule has 4 rings (SSSR count). The second-order valence-corrected chi connectivity index (χ2v) is 5.89. The maximum absolute atomic E-state index is 10.2. The van der Waals surface area contributed by atoms with Gasteiger partial charge >= 0.3 is 0 Å². The molecule has 0 aliphatic carbocycles. The molecule has 0 spiro atoms. The van der Waals surface area contributed by atoms with Gasteiger partial charge in [-0.25, -0.2) is 4.98 Å². The third kappa shape index (κ3) is 2.61. The van der Waals surface area contributed by atoms with Crippen molar-refractivity contribution in [2.75, 3.05) is 5.32 Å². The molecule has 0 saturated heterocycles. The van der Waals surface area contributed by atoms with E-state index in [1.807, 2.05) is 52.4 Å². The Morgan fingerprint density at radius 2 is 1.75 bits per heavy atom. The van der Waals surface area contributed by atoms with Crippen LogP contribution < -0.4 is 5.32 Å². The molecule has 0 bridgehead atoms. The van der Waals surface area contributed by atoms with Crippen molar-refractivity contribution >= 4 is 22.4 Å². The van der Waals surface area contributed by atoms with Crippen molar-refractivity contribution in [3.05, 3.63) is 66.2 Å². The molecule has 24 heavy (non-hydrogen) atoms. The standard InChI is InChI=1S/C17H13N5OS/c23-14-9-5-4-8-13(14)15-20-21-16(19-17-18-10-11-24-17)22(15)12-6-2-1-3-7-12/h1-11,23H,(H,18,19,21). The number of thiazole rings is 1. The van der Waals surface area contributed by atoms with Crippen molar-refractivity contribution in [3.8, 4) is 22.8 Å². The van der Waals surface area contributed by atoms with Crippen molar-refractivity contribution in [2.45, 2.75) is 0 Å². The highest BCUT2D eigenvalue weighted by atomic mass is 32.1. The summed E-state index contributed by atoms with van der Waals surface area (Å²) >= 11 is 1.48. The van der Waals surface area contributed by atoms with Crippen LogP contribution in [0, 0.1) is 0 Å². The summed E-state index contributed by atoms with van der Waals surface area (Å²) in [5, 5.41) is 24.5. The average Bonchev–Trinajstić information content (AvgIpc) is 3.26. The maximum Gasteiger partial charge on any atom is 0.235 e. The molecule has 0 atom stereocenters. The lowest BCUT2D eigenvalue weighted by molar-refractivity contribution is 0.476. The normalized spacial score (nSPS) is 10.7. The molecule has 2 aromatic carbocycles. The predicted octanol–water partition coefficient (Wildman–Crippen LogP) is 3.84. The average molecular weight is 335 g/mol. The minimum Gasteiger partial charge on any atom is -0.507 e. The number of benzene rings is 2. The molecule has 0 aliphatic heterocycles. The van der Waals surface area contributed by atoms with Gasteiger partial charge in [-0.3, -0.25) is 9.88 Å². The van der Waals surface area contributed by atoms with Gasteiger partial charge in [0, 0.05) is 11.6 Å². The van der Waals surface area contributed by atoms with Crippen LogP contribution in [0.3, 0.4) is 0 Å². The van der Waals surface area contributed by atoms with Crippen LogP contribution in [0.4, 0.5) is 11.1 Å². The Balaban J connectivity index is 1.89. The van der Waals surface area contributed by atoms with E-state index in [2.05, 4.69) is 20.5 Å². The third-order valence-corrected chi connectivity index (χ3v) is 4.16. The molecule has 118 valence electrons. The smallest absolute Gasteiger partial charge is 0.235 e. The Morgan fingerprint density at radius 1 is 0.958 bits per heavy atom. The van der Waals surface area contributed by atoms with Crippen LogP contribution in [0.1, 0.15) is 0 Å². The van der Waals surface area contributed by atoms with Gasteiger partial charge in [-0.1, -0.05) is 30.3 Å². The fraction of sp³-hybridized carbons (Fsp3) is 0. The predicted molar refractivity (Wildman–Crippen MR) is 93.9 cm³/mol. The van der Waals surface area contributed by atoms with Crippen LogP contribution in [0.15, 0.2) is 66.2 Å². The minimum absolute atomic E-state index is 0.155. The highest BCUT2D eigenvalue weighted by molar-refractivity contribution is 7.13. The summed E-state index contributed by atoms with van der Waals surface area (Å²) in [5.41, 5.74) is 1.50. The number of anilines is 2. The Hall–Kier alpha value is -3.19. The molecule has 7 heteroatoms. The fourth-order valence-corrected chi connectivity index (χ4v) is 2.93. The lowest BCUT2D eigenvalue weighted by Gasteiger charge is -2.11. The quantitative estimate of drug-likeness (QED) is 0.592. The molecule has 0 unspecified atom stereocenters. The molecule has 0 amide bonds. The minimum atomic E-state index is 0.155. The van der Waals surface area contributed by atoms with Gasteiger partial charge < -0.3 is 5.11 Å². The summed E-state index contributed by atoms with van der Waals surface area (Å²) in [6.07, 6.45) is 1.72. The SMILES string of the molecule is Oc1ccccc1-c1nnc(Nc2nccs2)n1-c1ccccc1. The fourth-order valence-electron chi connectivity index (χ4n) is 2.40. The zero-order valence-electron chi connectivity index (χ0n) is 12.5. The highest BCUT2D eigenvalue weighted by Crippen LogP contribution is 2.32. The van der Waals surface area contributed by atoms with E-state index in [1.165, 1.54) is 11.3 Å². The number of phenols is 1. The molecule has 2 aromatic heterocycles. The van der Waals surface area contributed by atoms with E-state index in [-0.39, 0.29) is 5.75 Å². The summed E-state index contributed by atoms with van der Waals surface area (Å²) in [7, 11) is 0. The molecule has 2 heterocycles. The van der Waals surface area contributed by atoms with Crippen molar-refractivity contribution in [1.82, 2.24) is 19.7 Å². The van der Waals surface area contributed by atoms with Gasteiger partial charge in [-0.2, -0.15) is 0 Å². The summed E-state index contributed by atoms with van der Waals surface area (Å²) < 4.78 is 1.86. The summed E-state index contributed by atoms with van der Waals surface area (Å²) in [5.74, 6) is 1.25. The summed E-state index contributed by atoms with van der Waals surface area (Å²) in [6, 6.07) is 16.8. The number of rotatable bonds is 4. The molecule has 0 radical (unpaired) electrons. The number of nitrogens with zero attached hydrogens (tertiary/aromatic N) is 4. The van der Waals surface area contributed by atoms with Gasteiger partial charge in [0.1, 0.15) is 5.75 Å². The van der Waals surface area contributed by atoms with E-state index >= 15 is 0 Å². The van der Waals surface area contributed by atoms with Gasteiger partial charge in [0.15, 0.2) is 11.0 Å². The second-order valence-electron chi connectivity index (χ2n) is 5.00. The molecule has 0 fully saturated rings. The van der Waals surface area contributed by atoms with Gasteiger partial charge in [-0.15, -0.1) is 21.5 Å². The van der Waals surface area contributed by atoms with Crippen LogP contribution >= 0.6 is 11.3 Å². The molecule has 6 nitrogen and oxygen atoms in total. The number of hydrogen-bond donors (Lipinski definition) is 2. The number of aromatic hydroxyl groups is 1. The number of nitrogens with one attached hydrogen (secondary N) is 1. The molecular weight excluding hydrogens is 322 g/mol. The topological polar surface area (TPSA) is 75.9 Å². The Kier molecular flexibility index (Phi) is 3.68. The van der Waals surface area contributed by atoms with Crippen molar-refractivity contribution < 1.29 is 5.11 Å². The highest BCUT2D eigenvalue weighted by Gasteiger charge is 2.18. The van der Waals surface area contributed by atoms with Gasteiger partial charge in [0.2, 0.25) is 5.95 Å². The van der Waals surface area contributed by atoms with Crippen LogP contribution in [-0.4, -0.2) is 24.9 Å². The Labute approximate surface area is 142 Å². The van der Waals surface area contributed by atoms with Crippen molar-refractivity contribution in [1.29, 1.82) is 0 Å². The summed E-state index contributed by atoms with van der Waals surface area (Å²) in [4.78, 5) is 4.22. The van der Waals surface area contributed by atoms with Gasteiger partial charge in [0.05, 0.1) is 11.3 Å². The Bertz CT molecular complexity index is 950. The number of hydrogen-bond acceptors (Lipinski definition) is 6. The molecule has 4 aromatic rings. The first-order chi connectivity index (χ1) is 11.8. The first kappa shape index (κ1) is 14.4. The lowest BCUT2D eigenvalue weighted by atomic mass is 10.2. The molecule has 0 saturated carbocycles. The van der Waals surface area contributed by atoms with Crippen molar-refractivity contribution in [3.63, 3.8) is 0 Å². The van der Waals surface area contributed by atoms with Crippen LogP contribution in [-0.2, 0) is 0 Å². The zero-order chi connectivity index (χ0) is 16.4. The second kappa shape index (κ2) is 6.13. The van der Waals surface area contributed by atoms with Crippen molar-refractivity contribution in [2.24, 2.45) is 0 Å². The van der Waals surface area contributed by atoms with Crippen LogP contribution in [0.5, 0.6) is 5.75 Å². The zero-order valence-corrected chi connectivity index (χ0v) is 13.3. The number of aromatic nitrogens is 4. The first-order valence-electron chi connectivity index (χ1n) is 7.28.